The standard InChI is InChI=1S/C22H24FN3O4S2/c23-18-7-4-8-19-21(18)24-22(31-19)26(11-10-25-12-14-30-15-13-25)20(27)9-16-32(28,29)17-5-2-1-3-6-17/h1-8H,9-16H2. The van der Waals surface area contributed by atoms with Crippen LogP contribution in [0.2, 0.25) is 0 Å². The van der Waals surface area contributed by atoms with E-state index in [2.05, 4.69) is 9.88 Å². The Balaban J connectivity index is 1.53. The number of carbonyl (C=O) groups is 1. The number of fused-ring (bicyclic) bond motifs is 1. The molecule has 1 amide bonds. The second kappa shape index (κ2) is 10.0. The lowest BCUT2D eigenvalue weighted by atomic mass is 10.3. The van der Waals surface area contributed by atoms with Crippen molar-refractivity contribution in [1.82, 2.24) is 9.88 Å². The number of rotatable bonds is 8. The molecule has 0 unspecified atom stereocenters. The summed E-state index contributed by atoms with van der Waals surface area (Å²) >= 11 is 1.23. The smallest absolute Gasteiger partial charge is 0.229 e. The van der Waals surface area contributed by atoms with E-state index < -0.39 is 15.7 Å². The van der Waals surface area contributed by atoms with Gasteiger partial charge in [-0.05, 0) is 24.3 Å². The number of carbonyl (C=O) groups excluding carboxylic acids is 1. The van der Waals surface area contributed by atoms with E-state index in [1.807, 2.05) is 0 Å². The van der Waals surface area contributed by atoms with Crippen LogP contribution in [0.15, 0.2) is 53.4 Å². The number of aromatic nitrogens is 1. The molecule has 0 aliphatic carbocycles. The minimum Gasteiger partial charge on any atom is -0.379 e. The monoisotopic (exact) mass is 477 g/mol. The molecular weight excluding hydrogens is 453 g/mol. The first kappa shape index (κ1) is 22.8. The van der Waals surface area contributed by atoms with Crippen LogP contribution in [0.5, 0.6) is 0 Å². The normalized spacial score (nSPS) is 15.2. The van der Waals surface area contributed by atoms with Gasteiger partial charge in [-0.1, -0.05) is 35.6 Å². The highest BCUT2D eigenvalue weighted by Crippen LogP contribution is 2.30. The van der Waals surface area contributed by atoms with Gasteiger partial charge in [-0.15, -0.1) is 0 Å². The molecule has 0 atom stereocenters. The van der Waals surface area contributed by atoms with Gasteiger partial charge in [-0.2, -0.15) is 0 Å². The van der Waals surface area contributed by atoms with Gasteiger partial charge in [0.05, 0.1) is 28.6 Å². The van der Waals surface area contributed by atoms with Crippen molar-refractivity contribution in [2.75, 3.05) is 50.0 Å². The van der Waals surface area contributed by atoms with Gasteiger partial charge in [0.1, 0.15) is 11.3 Å². The molecule has 0 N–H and O–H groups in total. The minimum atomic E-state index is -3.59. The Bertz CT molecular complexity index is 1180. The van der Waals surface area contributed by atoms with E-state index in [0.717, 1.165) is 13.1 Å². The Labute approximate surface area is 190 Å². The van der Waals surface area contributed by atoms with Gasteiger partial charge < -0.3 is 4.74 Å². The van der Waals surface area contributed by atoms with Gasteiger partial charge >= 0.3 is 0 Å². The molecule has 0 radical (unpaired) electrons. The van der Waals surface area contributed by atoms with Crippen molar-refractivity contribution < 1.29 is 22.3 Å². The van der Waals surface area contributed by atoms with Crippen molar-refractivity contribution in [2.45, 2.75) is 11.3 Å². The number of thiazole rings is 1. The van der Waals surface area contributed by atoms with Crippen LogP contribution in [0.1, 0.15) is 6.42 Å². The van der Waals surface area contributed by atoms with Gasteiger partial charge in [0.2, 0.25) is 5.91 Å². The predicted octanol–water partition coefficient (Wildman–Crippen LogP) is 2.96. The highest BCUT2D eigenvalue weighted by Gasteiger charge is 2.24. The fourth-order valence-electron chi connectivity index (χ4n) is 3.51. The summed E-state index contributed by atoms with van der Waals surface area (Å²) in [5.74, 6) is -1.10. The average molecular weight is 478 g/mol. The first-order valence-corrected chi connectivity index (χ1v) is 12.8. The molecule has 1 saturated heterocycles. The largest absolute Gasteiger partial charge is 0.379 e. The fraction of sp³-hybridized carbons (Fsp3) is 0.364. The van der Waals surface area contributed by atoms with Crippen LogP contribution >= 0.6 is 11.3 Å². The zero-order valence-electron chi connectivity index (χ0n) is 17.4. The Morgan fingerprint density at radius 2 is 1.88 bits per heavy atom. The van der Waals surface area contributed by atoms with Gasteiger partial charge in [-0.3, -0.25) is 14.6 Å². The van der Waals surface area contributed by atoms with E-state index in [4.69, 9.17) is 4.74 Å². The third kappa shape index (κ3) is 5.32. The zero-order valence-corrected chi connectivity index (χ0v) is 19.1. The van der Waals surface area contributed by atoms with Crippen LogP contribution in [0.3, 0.4) is 0 Å². The summed E-state index contributed by atoms with van der Waals surface area (Å²) in [5, 5.41) is 0.375. The molecule has 1 aliphatic heterocycles. The van der Waals surface area contributed by atoms with Gasteiger partial charge in [-0.25, -0.2) is 17.8 Å². The summed E-state index contributed by atoms with van der Waals surface area (Å²) in [6.45, 7) is 3.73. The maximum Gasteiger partial charge on any atom is 0.229 e. The molecule has 0 spiro atoms. The number of benzene rings is 2. The first-order valence-electron chi connectivity index (χ1n) is 10.4. The van der Waals surface area contributed by atoms with Crippen molar-refractivity contribution in [3.63, 3.8) is 0 Å². The number of hydrogen-bond acceptors (Lipinski definition) is 7. The third-order valence-corrected chi connectivity index (χ3v) is 8.10. The molecule has 0 saturated carbocycles. The van der Waals surface area contributed by atoms with E-state index in [1.54, 1.807) is 30.3 Å². The topological polar surface area (TPSA) is 79.8 Å². The number of nitrogens with zero attached hydrogens (tertiary/aromatic N) is 3. The molecule has 1 fully saturated rings. The second-order valence-corrected chi connectivity index (χ2v) is 10.6. The molecule has 2 heterocycles. The van der Waals surface area contributed by atoms with Gasteiger partial charge in [0.15, 0.2) is 15.0 Å². The van der Waals surface area contributed by atoms with Crippen LogP contribution in [-0.4, -0.2) is 69.4 Å². The van der Waals surface area contributed by atoms with Crippen LogP contribution in [-0.2, 0) is 19.4 Å². The number of sulfone groups is 1. The van der Waals surface area contributed by atoms with Crippen LogP contribution in [0, 0.1) is 5.82 Å². The highest BCUT2D eigenvalue weighted by atomic mass is 32.2. The number of ether oxygens (including phenoxy) is 1. The van der Waals surface area contributed by atoms with Crippen LogP contribution < -0.4 is 4.90 Å². The van der Waals surface area contributed by atoms with Crippen molar-refractivity contribution in [1.29, 1.82) is 0 Å². The molecule has 170 valence electrons. The number of amides is 1. The average Bonchev–Trinajstić information content (AvgIpc) is 3.24. The number of anilines is 1. The Morgan fingerprint density at radius 3 is 2.59 bits per heavy atom. The second-order valence-electron chi connectivity index (χ2n) is 7.46. The third-order valence-electron chi connectivity index (χ3n) is 5.32. The maximum absolute atomic E-state index is 14.2. The van der Waals surface area contributed by atoms with Crippen LogP contribution in [0.4, 0.5) is 9.52 Å². The molecule has 0 bridgehead atoms. The van der Waals surface area contributed by atoms with Gasteiger partial charge in [0, 0.05) is 32.6 Å². The molecule has 3 aromatic rings. The van der Waals surface area contributed by atoms with E-state index in [0.29, 0.717) is 36.1 Å². The minimum absolute atomic E-state index is 0.182. The zero-order chi connectivity index (χ0) is 22.6. The van der Waals surface area contributed by atoms with E-state index in [-0.39, 0.29) is 28.5 Å². The Hall–Kier alpha value is -2.40. The summed E-state index contributed by atoms with van der Waals surface area (Å²) < 4.78 is 45.4. The molecule has 1 aliphatic rings. The Kier molecular flexibility index (Phi) is 7.14. The van der Waals surface area contributed by atoms with E-state index in [9.17, 15) is 17.6 Å². The lowest BCUT2D eigenvalue weighted by Crippen LogP contribution is -2.43. The molecule has 32 heavy (non-hydrogen) atoms. The highest BCUT2D eigenvalue weighted by molar-refractivity contribution is 7.91. The molecular formula is C22H24FN3O4S2. The van der Waals surface area contributed by atoms with Crippen LogP contribution in [0.25, 0.3) is 10.2 Å². The van der Waals surface area contributed by atoms with Gasteiger partial charge in [0.25, 0.3) is 0 Å². The lowest BCUT2D eigenvalue weighted by molar-refractivity contribution is -0.118. The maximum atomic E-state index is 14.2. The van der Waals surface area contributed by atoms with Crippen molar-refractivity contribution in [3.05, 3.63) is 54.3 Å². The SMILES string of the molecule is O=C(CCS(=O)(=O)c1ccccc1)N(CCN1CCOCC1)c1nc2c(F)cccc2s1. The molecule has 4 rings (SSSR count). The number of halogens is 1. The number of morpholine rings is 1. The summed E-state index contributed by atoms with van der Waals surface area (Å²) in [6.07, 6.45) is -0.182. The first-order chi connectivity index (χ1) is 15.4. The summed E-state index contributed by atoms with van der Waals surface area (Å²) in [4.78, 5) is 21.4. The molecule has 2 aromatic carbocycles. The number of para-hydroxylation sites is 1. The number of hydrogen-bond donors (Lipinski definition) is 0. The summed E-state index contributed by atoms with van der Waals surface area (Å²) in [5.41, 5.74) is 0.216. The predicted molar refractivity (Wildman–Crippen MR) is 122 cm³/mol. The summed E-state index contributed by atoms with van der Waals surface area (Å²) in [6, 6.07) is 12.8. The molecule has 10 heteroatoms. The quantitative estimate of drug-likeness (QED) is 0.496. The van der Waals surface area contributed by atoms with Crippen molar-refractivity contribution in [3.8, 4) is 0 Å². The van der Waals surface area contributed by atoms with E-state index >= 15 is 0 Å². The van der Waals surface area contributed by atoms with Crippen molar-refractivity contribution in [2.24, 2.45) is 0 Å². The molecule has 7 nitrogen and oxygen atoms in total. The molecule has 1 aromatic heterocycles. The summed E-state index contributed by atoms with van der Waals surface area (Å²) in [7, 11) is -3.59. The Morgan fingerprint density at radius 1 is 1.12 bits per heavy atom. The van der Waals surface area contributed by atoms with E-state index in [1.165, 1.54) is 34.4 Å². The fourth-order valence-corrected chi connectivity index (χ4v) is 5.79. The lowest BCUT2D eigenvalue weighted by Gasteiger charge is -2.29. The van der Waals surface area contributed by atoms with Crippen molar-refractivity contribution >= 4 is 42.4 Å².